The minimum atomic E-state index is -0.534. The number of nitrogens with zero attached hydrogens (tertiary/aromatic N) is 1. The monoisotopic (exact) mass is 265 g/mol. The fourth-order valence-corrected chi connectivity index (χ4v) is 1.68. The Morgan fingerprint density at radius 1 is 1.26 bits per heavy atom. The number of anilines is 1. The number of aliphatic hydroxyl groups excluding tert-OH is 1. The van der Waals surface area contributed by atoms with E-state index in [4.69, 9.17) is 0 Å². The van der Waals surface area contributed by atoms with E-state index in [1.54, 1.807) is 0 Å². The number of amides is 1. The molecular weight excluding hydrogens is 242 g/mol. The Kier molecular flexibility index (Phi) is 6.32. The Balaban J connectivity index is 2.32. The van der Waals surface area contributed by atoms with Crippen LogP contribution in [0.3, 0.4) is 0 Å². The lowest BCUT2D eigenvalue weighted by Crippen LogP contribution is -2.32. The zero-order valence-electron chi connectivity index (χ0n) is 11.8. The van der Waals surface area contributed by atoms with Crippen LogP contribution in [0, 0.1) is 0 Å². The van der Waals surface area contributed by atoms with Crippen LogP contribution in [0.1, 0.15) is 18.6 Å². The molecule has 5 nitrogen and oxygen atoms in total. The van der Waals surface area contributed by atoms with Crippen molar-refractivity contribution in [3.63, 3.8) is 0 Å². The van der Waals surface area contributed by atoms with Gasteiger partial charge in [-0.15, -0.1) is 0 Å². The lowest BCUT2D eigenvalue weighted by Gasteiger charge is -2.15. The summed E-state index contributed by atoms with van der Waals surface area (Å²) < 4.78 is 0. The van der Waals surface area contributed by atoms with Crippen molar-refractivity contribution in [2.24, 2.45) is 0 Å². The number of carbonyl (C=O) groups excluding carboxylic acids is 1. The highest BCUT2D eigenvalue weighted by Gasteiger charge is 2.07. The molecule has 0 fully saturated rings. The second kappa shape index (κ2) is 7.76. The van der Waals surface area contributed by atoms with Crippen LogP contribution in [0.15, 0.2) is 24.3 Å². The summed E-state index contributed by atoms with van der Waals surface area (Å²) in [5, 5.41) is 15.8. The fourth-order valence-electron chi connectivity index (χ4n) is 1.68. The number of hydrogen-bond donors (Lipinski definition) is 3. The van der Waals surface area contributed by atoms with Crippen LogP contribution in [-0.4, -0.2) is 44.7 Å². The van der Waals surface area contributed by atoms with Gasteiger partial charge in [0.2, 0.25) is 5.91 Å². The summed E-state index contributed by atoms with van der Waals surface area (Å²) in [5.41, 5.74) is 1.99. The van der Waals surface area contributed by atoms with Crippen molar-refractivity contribution < 1.29 is 9.90 Å². The molecule has 0 aliphatic rings. The molecule has 0 aliphatic carbocycles. The minimum Gasteiger partial charge on any atom is -0.387 e. The van der Waals surface area contributed by atoms with Gasteiger partial charge in [-0.1, -0.05) is 12.1 Å². The maximum absolute atomic E-state index is 10.7. The van der Waals surface area contributed by atoms with Gasteiger partial charge in [0, 0.05) is 46.3 Å². The number of carbonyl (C=O) groups is 1. The molecule has 106 valence electrons. The third kappa shape index (κ3) is 5.72. The zero-order chi connectivity index (χ0) is 14.3. The molecule has 0 heterocycles. The van der Waals surface area contributed by atoms with E-state index in [2.05, 4.69) is 10.6 Å². The Hall–Kier alpha value is -1.59. The number of benzene rings is 1. The van der Waals surface area contributed by atoms with E-state index in [-0.39, 0.29) is 5.91 Å². The van der Waals surface area contributed by atoms with Gasteiger partial charge >= 0.3 is 0 Å². The van der Waals surface area contributed by atoms with Gasteiger partial charge in [-0.25, -0.2) is 0 Å². The molecule has 3 N–H and O–H groups in total. The van der Waals surface area contributed by atoms with Crippen LogP contribution >= 0.6 is 0 Å². The Morgan fingerprint density at radius 2 is 1.89 bits per heavy atom. The first-order valence-corrected chi connectivity index (χ1v) is 6.41. The summed E-state index contributed by atoms with van der Waals surface area (Å²) >= 11 is 0. The average Bonchev–Trinajstić information content (AvgIpc) is 2.37. The highest BCUT2D eigenvalue weighted by molar-refractivity contribution is 5.72. The Bertz CT molecular complexity index is 390. The molecule has 0 bridgehead atoms. The highest BCUT2D eigenvalue weighted by atomic mass is 16.3. The first-order chi connectivity index (χ1) is 9.00. The topological polar surface area (TPSA) is 64.6 Å². The largest absolute Gasteiger partial charge is 0.387 e. The lowest BCUT2D eigenvalue weighted by atomic mass is 10.1. The van der Waals surface area contributed by atoms with Crippen molar-refractivity contribution in [1.82, 2.24) is 10.6 Å². The maximum Gasteiger partial charge on any atom is 0.216 e. The second-order valence-corrected chi connectivity index (χ2v) is 4.69. The normalized spacial score (nSPS) is 12.0. The van der Waals surface area contributed by atoms with Crippen LogP contribution in [-0.2, 0) is 4.79 Å². The fraction of sp³-hybridized carbons (Fsp3) is 0.500. The quantitative estimate of drug-likeness (QED) is 0.629. The molecule has 19 heavy (non-hydrogen) atoms. The van der Waals surface area contributed by atoms with Crippen molar-refractivity contribution in [3.05, 3.63) is 29.8 Å². The second-order valence-electron chi connectivity index (χ2n) is 4.69. The van der Waals surface area contributed by atoms with Gasteiger partial charge in [0.15, 0.2) is 0 Å². The molecule has 0 saturated carbocycles. The van der Waals surface area contributed by atoms with Gasteiger partial charge < -0.3 is 20.6 Å². The molecule has 1 unspecified atom stereocenters. The summed E-state index contributed by atoms with van der Waals surface area (Å²) in [4.78, 5) is 12.7. The van der Waals surface area contributed by atoms with Crippen LogP contribution in [0.4, 0.5) is 5.69 Å². The smallest absolute Gasteiger partial charge is 0.216 e. The van der Waals surface area contributed by atoms with E-state index in [1.807, 2.05) is 43.3 Å². The summed E-state index contributed by atoms with van der Waals surface area (Å²) in [5.74, 6) is -0.0402. The van der Waals surface area contributed by atoms with Gasteiger partial charge in [0.05, 0.1) is 6.10 Å². The van der Waals surface area contributed by atoms with Gasteiger partial charge in [0.25, 0.3) is 0 Å². The molecule has 1 aromatic rings. The van der Waals surface area contributed by atoms with Gasteiger partial charge in [-0.3, -0.25) is 4.79 Å². The summed E-state index contributed by atoms with van der Waals surface area (Å²) in [6.07, 6.45) is -0.534. The molecule has 1 atom stereocenters. The Labute approximate surface area is 114 Å². The van der Waals surface area contributed by atoms with E-state index in [0.717, 1.165) is 11.3 Å². The summed E-state index contributed by atoms with van der Waals surface area (Å²) in [7, 11) is 3.96. The van der Waals surface area contributed by atoms with Crippen LogP contribution < -0.4 is 15.5 Å². The molecule has 1 rings (SSSR count). The Morgan fingerprint density at radius 3 is 2.42 bits per heavy atom. The summed E-state index contributed by atoms with van der Waals surface area (Å²) in [6, 6.07) is 7.82. The summed E-state index contributed by atoms with van der Waals surface area (Å²) in [6.45, 7) is 3.18. The predicted octanol–water partition coefficient (Wildman–Crippen LogP) is 0.512. The van der Waals surface area contributed by atoms with Crippen molar-refractivity contribution in [2.75, 3.05) is 38.6 Å². The van der Waals surface area contributed by atoms with E-state index in [0.29, 0.717) is 19.6 Å². The van der Waals surface area contributed by atoms with E-state index >= 15 is 0 Å². The molecular formula is C14H23N3O2. The SMILES string of the molecule is CC(=O)NCCNCC(O)c1ccc(N(C)C)cc1. The molecule has 0 radical (unpaired) electrons. The molecule has 5 heteroatoms. The van der Waals surface area contributed by atoms with Crippen LogP contribution in [0.25, 0.3) is 0 Å². The van der Waals surface area contributed by atoms with Crippen molar-refractivity contribution in [3.8, 4) is 0 Å². The number of rotatable bonds is 7. The van der Waals surface area contributed by atoms with Gasteiger partial charge in [-0.2, -0.15) is 0 Å². The predicted molar refractivity (Wildman–Crippen MR) is 77.3 cm³/mol. The molecule has 0 aliphatic heterocycles. The first kappa shape index (κ1) is 15.5. The van der Waals surface area contributed by atoms with Gasteiger partial charge in [0.1, 0.15) is 0 Å². The third-order valence-corrected chi connectivity index (χ3v) is 2.81. The molecule has 0 spiro atoms. The number of aliphatic hydroxyl groups is 1. The van der Waals surface area contributed by atoms with Crippen molar-refractivity contribution >= 4 is 11.6 Å². The minimum absolute atomic E-state index is 0.0402. The standard InChI is InChI=1S/C14H23N3O2/c1-11(18)16-9-8-15-10-14(19)12-4-6-13(7-5-12)17(2)3/h4-7,14-15,19H,8-10H2,1-3H3,(H,16,18). The highest BCUT2D eigenvalue weighted by Crippen LogP contribution is 2.17. The van der Waals surface area contributed by atoms with Crippen LogP contribution in [0.2, 0.25) is 0 Å². The van der Waals surface area contributed by atoms with Crippen molar-refractivity contribution in [2.45, 2.75) is 13.0 Å². The third-order valence-electron chi connectivity index (χ3n) is 2.81. The van der Waals surface area contributed by atoms with Crippen molar-refractivity contribution in [1.29, 1.82) is 0 Å². The molecule has 0 aromatic heterocycles. The van der Waals surface area contributed by atoms with E-state index in [1.165, 1.54) is 6.92 Å². The number of hydrogen-bond acceptors (Lipinski definition) is 4. The average molecular weight is 265 g/mol. The van der Waals surface area contributed by atoms with E-state index < -0.39 is 6.10 Å². The van der Waals surface area contributed by atoms with Crippen LogP contribution in [0.5, 0.6) is 0 Å². The number of nitrogens with one attached hydrogen (secondary N) is 2. The molecule has 1 amide bonds. The van der Waals surface area contributed by atoms with Gasteiger partial charge in [-0.05, 0) is 17.7 Å². The lowest BCUT2D eigenvalue weighted by molar-refractivity contribution is -0.118. The molecule has 1 aromatic carbocycles. The molecule has 0 saturated heterocycles. The first-order valence-electron chi connectivity index (χ1n) is 6.41. The zero-order valence-corrected chi connectivity index (χ0v) is 11.8. The van der Waals surface area contributed by atoms with E-state index in [9.17, 15) is 9.90 Å². The maximum atomic E-state index is 10.7.